The highest BCUT2D eigenvalue weighted by molar-refractivity contribution is 6.05. The number of rotatable bonds is 5. The number of methoxy groups -OCH3 is 1. The third-order valence-corrected chi connectivity index (χ3v) is 6.56. The van der Waals surface area contributed by atoms with Crippen molar-refractivity contribution in [3.63, 3.8) is 0 Å². The first-order chi connectivity index (χ1) is 18.3. The zero-order valence-electron chi connectivity index (χ0n) is 22.3. The quantitative estimate of drug-likeness (QED) is 0.504. The van der Waals surface area contributed by atoms with Crippen LogP contribution in [0.5, 0.6) is 17.2 Å². The highest BCUT2D eigenvalue weighted by atomic mass is 16.5. The van der Waals surface area contributed by atoms with E-state index in [1.54, 1.807) is 61.5 Å². The summed E-state index contributed by atoms with van der Waals surface area (Å²) >= 11 is 0. The lowest BCUT2D eigenvalue weighted by molar-refractivity contribution is 0.0281. The van der Waals surface area contributed by atoms with Crippen molar-refractivity contribution in [1.82, 2.24) is 10.2 Å². The Morgan fingerprint density at radius 1 is 1.03 bits per heavy atom. The Balaban J connectivity index is 1.53. The maximum absolute atomic E-state index is 13.3. The van der Waals surface area contributed by atoms with Crippen molar-refractivity contribution in [1.29, 1.82) is 0 Å². The molecule has 0 saturated heterocycles. The summed E-state index contributed by atoms with van der Waals surface area (Å²) in [5, 5.41) is 6.38. The lowest BCUT2D eigenvalue weighted by atomic mass is 10.0. The van der Waals surface area contributed by atoms with Gasteiger partial charge in [-0.25, -0.2) is 0 Å². The average molecular weight is 518 g/mol. The van der Waals surface area contributed by atoms with Crippen LogP contribution in [0.15, 0.2) is 72.8 Å². The van der Waals surface area contributed by atoms with Crippen LogP contribution < -0.4 is 20.1 Å². The van der Waals surface area contributed by atoms with Gasteiger partial charge in [0.1, 0.15) is 23.9 Å². The van der Waals surface area contributed by atoms with Gasteiger partial charge in [0.15, 0.2) is 0 Å². The van der Waals surface area contributed by atoms with Crippen LogP contribution in [0.2, 0.25) is 0 Å². The first kappa shape index (κ1) is 27.2. The van der Waals surface area contributed by atoms with E-state index in [0.29, 0.717) is 47.2 Å². The Kier molecular flexibility index (Phi) is 8.99. The van der Waals surface area contributed by atoms with E-state index in [1.807, 2.05) is 37.3 Å². The molecule has 0 saturated carbocycles. The number of nitrogens with zero attached hydrogens (tertiary/aromatic N) is 1. The highest BCUT2D eigenvalue weighted by Crippen LogP contribution is 2.27. The number of para-hydroxylation sites is 1. The monoisotopic (exact) mass is 517 g/mol. The normalized spacial score (nSPS) is 20.4. The molecule has 1 heterocycles. The molecule has 4 rings (SSSR count). The molecule has 0 radical (unpaired) electrons. The molecule has 2 amide bonds. The number of ether oxygens (including phenoxy) is 3. The Labute approximate surface area is 223 Å². The van der Waals surface area contributed by atoms with Crippen LogP contribution >= 0.6 is 0 Å². The van der Waals surface area contributed by atoms with Crippen molar-refractivity contribution in [3.05, 3.63) is 83.9 Å². The molecular formula is C30H35N3O5. The van der Waals surface area contributed by atoms with E-state index in [2.05, 4.69) is 17.6 Å². The maximum atomic E-state index is 13.3. The van der Waals surface area contributed by atoms with E-state index in [-0.39, 0.29) is 29.9 Å². The van der Waals surface area contributed by atoms with Crippen molar-refractivity contribution < 1.29 is 23.8 Å². The van der Waals surface area contributed by atoms with Gasteiger partial charge in [-0.1, -0.05) is 31.2 Å². The molecule has 3 aromatic rings. The zero-order chi connectivity index (χ0) is 27.1. The number of hydrogen-bond donors (Lipinski definition) is 2. The molecule has 0 aliphatic carbocycles. The summed E-state index contributed by atoms with van der Waals surface area (Å²) in [6.07, 6.45) is -0.104. The summed E-state index contributed by atoms with van der Waals surface area (Å²) in [4.78, 5) is 28.0. The molecule has 1 aliphatic rings. The van der Waals surface area contributed by atoms with Crippen molar-refractivity contribution in [3.8, 4) is 17.2 Å². The van der Waals surface area contributed by atoms with Gasteiger partial charge in [-0.2, -0.15) is 0 Å². The van der Waals surface area contributed by atoms with Gasteiger partial charge in [0.25, 0.3) is 11.8 Å². The Morgan fingerprint density at radius 2 is 1.79 bits per heavy atom. The molecule has 8 heteroatoms. The number of benzene rings is 3. The molecule has 0 bridgehead atoms. The predicted molar refractivity (Wildman–Crippen MR) is 147 cm³/mol. The fourth-order valence-electron chi connectivity index (χ4n) is 4.26. The van der Waals surface area contributed by atoms with E-state index < -0.39 is 0 Å². The number of amides is 2. The van der Waals surface area contributed by atoms with Gasteiger partial charge in [-0.05, 0) is 55.3 Å². The third-order valence-electron chi connectivity index (χ3n) is 6.56. The number of hydrogen-bond acceptors (Lipinski definition) is 6. The summed E-state index contributed by atoms with van der Waals surface area (Å²) in [5.41, 5.74) is 1.40. The van der Waals surface area contributed by atoms with Crippen LogP contribution in [0.1, 0.15) is 34.6 Å². The molecular weight excluding hydrogens is 482 g/mol. The van der Waals surface area contributed by atoms with Crippen LogP contribution in [0.4, 0.5) is 5.69 Å². The van der Waals surface area contributed by atoms with Gasteiger partial charge in [-0.15, -0.1) is 0 Å². The fraction of sp³-hybridized carbons (Fsp3) is 0.333. The van der Waals surface area contributed by atoms with Crippen LogP contribution in [0.25, 0.3) is 0 Å². The number of nitrogens with one attached hydrogen (secondary N) is 2. The fourth-order valence-corrected chi connectivity index (χ4v) is 4.26. The highest BCUT2D eigenvalue weighted by Gasteiger charge is 2.25. The van der Waals surface area contributed by atoms with Gasteiger partial charge in [0, 0.05) is 50.6 Å². The Hall–Kier alpha value is -3.88. The van der Waals surface area contributed by atoms with Crippen LogP contribution in [0, 0.1) is 5.92 Å². The number of carbonyl (C=O) groups is 2. The molecule has 0 unspecified atom stereocenters. The van der Waals surface area contributed by atoms with Gasteiger partial charge in [0.2, 0.25) is 0 Å². The summed E-state index contributed by atoms with van der Waals surface area (Å²) in [5.74, 6) is 1.41. The van der Waals surface area contributed by atoms with Crippen LogP contribution in [0.3, 0.4) is 0 Å². The summed E-state index contributed by atoms with van der Waals surface area (Å²) in [7, 11) is 3.43. The van der Waals surface area contributed by atoms with E-state index in [1.165, 1.54) is 0 Å². The lowest BCUT2D eigenvalue weighted by Crippen LogP contribution is -2.44. The Bertz CT molecular complexity index is 1250. The number of carbonyl (C=O) groups excluding carboxylic acids is 2. The van der Waals surface area contributed by atoms with Crippen molar-refractivity contribution in [2.75, 3.05) is 39.2 Å². The Morgan fingerprint density at radius 3 is 2.55 bits per heavy atom. The van der Waals surface area contributed by atoms with E-state index in [9.17, 15) is 9.59 Å². The van der Waals surface area contributed by atoms with Crippen molar-refractivity contribution >= 4 is 17.5 Å². The smallest absolute Gasteiger partial charge is 0.257 e. The van der Waals surface area contributed by atoms with Crippen LogP contribution in [-0.2, 0) is 4.74 Å². The second-order valence-electron chi connectivity index (χ2n) is 9.67. The van der Waals surface area contributed by atoms with Gasteiger partial charge < -0.3 is 29.7 Å². The molecule has 0 spiro atoms. The van der Waals surface area contributed by atoms with Gasteiger partial charge in [0.05, 0.1) is 11.7 Å². The summed E-state index contributed by atoms with van der Waals surface area (Å²) in [6.45, 7) is 5.69. The molecule has 0 fully saturated rings. The van der Waals surface area contributed by atoms with E-state index in [0.717, 1.165) is 6.54 Å². The number of likely N-dealkylation sites (N-methyl/N-ethyl adjacent to an activating group) is 1. The standard InChI is InChI=1S/C30H35N3O5/c1-20-17-31-21(2)19-37-27-16-23(13-14-26(27)30(35)33(3)18-28(20)36-4)32-29(34)22-9-8-12-25(15-22)38-24-10-6-5-7-11-24/h5-16,20-21,28,31H,17-19H2,1-4H3,(H,32,34)/t20-,21-,28+/m1/s1. The molecule has 3 atom stereocenters. The minimum absolute atomic E-state index is 0.0562. The van der Waals surface area contributed by atoms with Gasteiger partial charge >= 0.3 is 0 Å². The second-order valence-corrected chi connectivity index (χ2v) is 9.67. The van der Waals surface area contributed by atoms with E-state index >= 15 is 0 Å². The number of anilines is 1. The minimum Gasteiger partial charge on any atom is -0.491 e. The van der Waals surface area contributed by atoms with Gasteiger partial charge in [-0.3, -0.25) is 9.59 Å². The topological polar surface area (TPSA) is 89.1 Å². The molecule has 2 N–H and O–H groups in total. The van der Waals surface area contributed by atoms with Crippen LogP contribution in [-0.4, -0.2) is 62.7 Å². The maximum Gasteiger partial charge on any atom is 0.257 e. The minimum atomic E-state index is -0.299. The molecule has 200 valence electrons. The first-order valence-corrected chi connectivity index (χ1v) is 12.8. The molecule has 3 aromatic carbocycles. The zero-order valence-corrected chi connectivity index (χ0v) is 22.3. The van der Waals surface area contributed by atoms with Crippen molar-refractivity contribution in [2.24, 2.45) is 5.92 Å². The molecule has 1 aliphatic heterocycles. The lowest BCUT2D eigenvalue weighted by Gasteiger charge is -2.30. The summed E-state index contributed by atoms with van der Waals surface area (Å²) < 4.78 is 17.6. The first-order valence-electron chi connectivity index (χ1n) is 12.8. The largest absolute Gasteiger partial charge is 0.491 e. The molecule has 8 nitrogen and oxygen atoms in total. The molecule has 0 aromatic heterocycles. The third kappa shape index (κ3) is 6.90. The predicted octanol–water partition coefficient (Wildman–Crippen LogP) is 4.82. The van der Waals surface area contributed by atoms with E-state index in [4.69, 9.17) is 14.2 Å². The van der Waals surface area contributed by atoms with Crippen molar-refractivity contribution in [2.45, 2.75) is 26.0 Å². The number of fused-ring (bicyclic) bond motifs is 1. The second kappa shape index (κ2) is 12.6. The molecule has 38 heavy (non-hydrogen) atoms. The average Bonchev–Trinajstić information content (AvgIpc) is 2.93. The SMILES string of the molecule is CO[C@H]1CN(C)C(=O)c2ccc(NC(=O)c3cccc(Oc4ccccc4)c3)cc2OC[C@@H](C)NC[C@H]1C. The summed E-state index contributed by atoms with van der Waals surface area (Å²) in [6, 6.07) is 21.5.